The molecule has 0 atom stereocenters. The molecule has 2 aromatic carbocycles. The Morgan fingerprint density at radius 3 is 2.48 bits per heavy atom. The molecule has 0 aliphatic heterocycles. The standard InChI is InChI=1S/C14H8ClF3O3/c15-9-4-5-12(11(7-9)13(19)20)21-10-3-1-2-8(6-10)14(16,17)18/h1-7H,(H,19,20). The molecule has 0 bridgehead atoms. The first-order chi connectivity index (χ1) is 9.77. The fraction of sp³-hybridized carbons (Fsp3) is 0.0714. The molecule has 2 rings (SSSR count). The van der Waals surface area contributed by atoms with E-state index >= 15 is 0 Å². The maximum absolute atomic E-state index is 12.6. The Morgan fingerprint density at radius 2 is 1.86 bits per heavy atom. The van der Waals surface area contributed by atoms with E-state index in [-0.39, 0.29) is 22.1 Å². The van der Waals surface area contributed by atoms with Crippen LogP contribution in [-0.2, 0) is 6.18 Å². The molecule has 0 heterocycles. The molecule has 110 valence electrons. The number of halogens is 4. The molecule has 0 unspecified atom stereocenters. The Balaban J connectivity index is 2.37. The van der Waals surface area contributed by atoms with Crippen LogP contribution >= 0.6 is 11.6 Å². The lowest BCUT2D eigenvalue weighted by Crippen LogP contribution is -2.05. The molecule has 0 spiro atoms. The number of carboxylic acids is 1. The summed E-state index contributed by atoms with van der Waals surface area (Å²) in [5, 5.41) is 9.22. The van der Waals surface area contributed by atoms with Crippen LogP contribution < -0.4 is 4.74 Å². The SMILES string of the molecule is O=C(O)c1cc(Cl)ccc1Oc1cccc(C(F)(F)F)c1. The minimum atomic E-state index is -4.50. The summed E-state index contributed by atoms with van der Waals surface area (Å²) in [7, 11) is 0. The van der Waals surface area contributed by atoms with E-state index in [1.54, 1.807) is 0 Å². The normalized spacial score (nSPS) is 11.2. The van der Waals surface area contributed by atoms with Gasteiger partial charge in [0.1, 0.15) is 17.1 Å². The number of carboxylic acid groups (broad SMARTS) is 1. The third kappa shape index (κ3) is 3.66. The van der Waals surface area contributed by atoms with Crippen molar-refractivity contribution in [3.63, 3.8) is 0 Å². The van der Waals surface area contributed by atoms with Gasteiger partial charge < -0.3 is 9.84 Å². The van der Waals surface area contributed by atoms with Crippen LogP contribution in [0.2, 0.25) is 5.02 Å². The van der Waals surface area contributed by atoms with E-state index in [0.717, 1.165) is 18.2 Å². The fourth-order valence-electron chi connectivity index (χ4n) is 1.62. The Kier molecular flexibility index (Phi) is 4.09. The van der Waals surface area contributed by atoms with E-state index in [0.29, 0.717) is 0 Å². The summed E-state index contributed by atoms with van der Waals surface area (Å²) in [6.07, 6.45) is -4.50. The van der Waals surface area contributed by atoms with Crippen LogP contribution in [0.3, 0.4) is 0 Å². The molecule has 0 amide bonds. The van der Waals surface area contributed by atoms with Crippen molar-refractivity contribution in [2.24, 2.45) is 0 Å². The lowest BCUT2D eigenvalue weighted by molar-refractivity contribution is -0.137. The van der Waals surface area contributed by atoms with E-state index in [2.05, 4.69) is 0 Å². The average molecular weight is 317 g/mol. The van der Waals surface area contributed by atoms with Gasteiger partial charge in [-0.1, -0.05) is 17.7 Å². The molecule has 0 radical (unpaired) electrons. The lowest BCUT2D eigenvalue weighted by atomic mass is 10.2. The number of hydrogen-bond donors (Lipinski definition) is 1. The quantitative estimate of drug-likeness (QED) is 0.880. The van der Waals surface area contributed by atoms with Crippen molar-refractivity contribution in [3.8, 4) is 11.5 Å². The predicted octanol–water partition coefficient (Wildman–Crippen LogP) is 4.85. The molecule has 0 aliphatic rings. The molecule has 0 saturated heterocycles. The number of ether oxygens (including phenoxy) is 1. The van der Waals surface area contributed by atoms with E-state index in [1.165, 1.54) is 24.3 Å². The van der Waals surface area contributed by atoms with Crippen LogP contribution in [0.5, 0.6) is 11.5 Å². The van der Waals surface area contributed by atoms with Crippen molar-refractivity contribution in [1.82, 2.24) is 0 Å². The van der Waals surface area contributed by atoms with Crippen molar-refractivity contribution in [2.75, 3.05) is 0 Å². The zero-order valence-corrected chi connectivity index (χ0v) is 11.1. The van der Waals surface area contributed by atoms with Gasteiger partial charge in [-0.3, -0.25) is 0 Å². The Labute approximate surface area is 122 Å². The number of aromatic carboxylic acids is 1. The first-order valence-corrected chi connectivity index (χ1v) is 6.03. The van der Waals surface area contributed by atoms with Gasteiger partial charge in [-0.25, -0.2) is 4.79 Å². The van der Waals surface area contributed by atoms with Crippen LogP contribution in [0.15, 0.2) is 42.5 Å². The summed E-state index contributed by atoms with van der Waals surface area (Å²) in [5.74, 6) is -1.50. The van der Waals surface area contributed by atoms with Crippen LogP contribution in [0.25, 0.3) is 0 Å². The van der Waals surface area contributed by atoms with Crippen molar-refractivity contribution in [2.45, 2.75) is 6.18 Å². The van der Waals surface area contributed by atoms with E-state index in [4.69, 9.17) is 21.4 Å². The minimum Gasteiger partial charge on any atom is -0.478 e. The smallest absolute Gasteiger partial charge is 0.416 e. The number of carbonyl (C=O) groups is 1. The fourth-order valence-corrected chi connectivity index (χ4v) is 1.79. The van der Waals surface area contributed by atoms with Gasteiger partial charge in [0.05, 0.1) is 5.56 Å². The monoisotopic (exact) mass is 316 g/mol. The van der Waals surface area contributed by atoms with E-state index < -0.39 is 17.7 Å². The van der Waals surface area contributed by atoms with Crippen LogP contribution in [0, 0.1) is 0 Å². The van der Waals surface area contributed by atoms with Crippen molar-refractivity contribution < 1.29 is 27.8 Å². The van der Waals surface area contributed by atoms with Gasteiger partial charge in [-0.2, -0.15) is 13.2 Å². The molecular weight excluding hydrogens is 309 g/mol. The van der Waals surface area contributed by atoms with Gasteiger partial charge in [-0.05, 0) is 36.4 Å². The number of alkyl halides is 3. The molecule has 0 saturated carbocycles. The van der Waals surface area contributed by atoms with Gasteiger partial charge in [0.15, 0.2) is 0 Å². The van der Waals surface area contributed by atoms with Crippen LogP contribution in [0.1, 0.15) is 15.9 Å². The highest BCUT2D eigenvalue weighted by molar-refractivity contribution is 6.31. The second-order valence-corrected chi connectivity index (χ2v) is 4.51. The minimum absolute atomic E-state index is 0.0915. The Hall–Kier alpha value is -2.21. The first kappa shape index (κ1) is 15.2. The second kappa shape index (κ2) is 5.65. The zero-order valence-electron chi connectivity index (χ0n) is 10.3. The molecule has 0 aromatic heterocycles. The molecule has 0 fully saturated rings. The van der Waals surface area contributed by atoms with E-state index in [1.807, 2.05) is 0 Å². The topological polar surface area (TPSA) is 46.5 Å². The predicted molar refractivity (Wildman–Crippen MR) is 69.9 cm³/mol. The largest absolute Gasteiger partial charge is 0.478 e. The first-order valence-electron chi connectivity index (χ1n) is 5.65. The van der Waals surface area contributed by atoms with Gasteiger partial charge in [-0.15, -0.1) is 0 Å². The molecule has 1 N–H and O–H groups in total. The maximum Gasteiger partial charge on any atom is 0.416 e. The van der Waals surface area contributed by atoms with Crippen LogP contribution in [-0.4, -0.2) is 11.1 Å². The average Bonchev–Trinajstić information content (AvgIpc) is 2.40. The molecule has 7 heteroatoms. The summed E-state index contributed by atoms with van der Waals surface area (Å²) >= 11 is 5.68. The molecular formula is C14H8ClF3O3. The number of rotatable bonds is 3. The summed E-state index contributed by atoms with van der Waals surface area (Å²) in [5.41, 5.74) is -1.12. The summed E-state index contributed by atoms with van der Waals surface area (Å²) < 4.78 is 43.0. The maximum atomic E-state index is 12.6. The molecule has 21 heavy (non-hydrogen) atoms. The van der Waals surface area contributed by atoms with Gasteiger partial charge in [0.25, 0.3) is 0 Å². The molecule has 2 aromatic rings. The summed E-state index contributed by atoms with van der Waals surface area (Å²) in [6.45, 7) is 0. The summed E-state index contributed by atoms with van der Waals surface area (Å²) in [6, 6.07) is 7.99. The highest BCUT2D eigenvalue weighted by Crippen LogP contribution is 2.34. The third-order valence-electron chi connectivity index (χ3n) is 2.56. The van der Waals surface area contributed by atoms with Crippen molar-refractivity contribution in [1.29, 1.82) is 0 Å². The van der Waals surface area contributed by atoms with Crippen molar-refractivity contribution >= 4 is 17.6 Å². The Morgan fingerprint density at radius 1 is 1.14 bits per heavy atom. The zero-order chi connectivity index (χ0) is 15.6. The van der Waals surface area contributed by atoms with E-state index in [9.17, 15) is 18.0 Å². The molecule has 3 nitrogen and oxygen atoms in total. The number of hydrogen-bond acceptors (Lipinski definition) is 2. The molecule has 0 aliphatic carbocycles. The summed E-state index contributed by atoms with van der Waals surface area (Å²) in [4.78, 5) is 11.1. The van der Waals surface area contributed by atoms with Crippen molar-refractivity contribution in [3.05, 3.63) is 58.6 Å². The highest BCUT2D eigenvalue weighted by atomic mass is 35.5. The number of benzene rings is 2. The lowest BCUT2D eigenvalue weighted by Gasteiger charge is -2.11. The third-order valence-corrected chi connectivity index (χ3v) is 2.80. The highest BCUT2D eigenvalue weighted by Gasteiger charge is 2.30. The second-order valence-electron chi connectivity index (χ2n) is 4.07. The van der Waals surface area contributed by atoms with Gasteiger partial charge >= 0.3 is 12.1 Å². The van der Waals surface area contributed by atoms with Gasteiger partial charge in [0.2, 0.25) is 0 Å². The van der Waals surface area contributed by atoms with Gasteiger partial charge in [0, 0.05) is 5.02 Å². The Bertz CT molecular complexity index is 683. The van der Waals surface area contributed by atoms with Crippen LogP contribution in [0.4, 0.5) is 13.2 Å².